The lowest BCUT2D eigenvalue weighted by Crippen LogP contribution is -2.23. The molecule has 0 aromatic carbocycles. The topological polar surface area (TPSA) is 42.1 Å². The van der Waals surface area contributed by atoms with Gasteiger partial charge in [0.15, 0.2) is 3.95 Å². The molecular weight excluding hydrogens is 298 g/mol. The maximum absolute atomic E-state index is 11.5. The van der Waals surface area contributed by atoms with Gasteiger partial charge in [-0.15, -0.1) is 22.7 Å². The molecule has 0 aliphatic heterocycles. The Bertz CT molecular complexity index is 751. The van der Waals surface area contributed by atoms with Crippen molar-refractivity contribution in [3.63, 3.8) is 0 Å². The van der Waals surface area contributed by atoms with Crippen LogP contribution in [0, 0.1) is 10.9 Å². The van der Waals surface area contributed by atoms with E-state index in [2.05, 4.69) is 24.0 Å². The van der Waals surface area contributed by atoms with Crippen LogP contribution in [0.4, 0.5) is 0 Å². The molecule has 2 aromatic rings. The van der Waals surface area contributed by atoms with Crippen molar-refractivity contribution in [2.75, 3.05) is 6.61 Å². The van der Waals surface area contributed by atoms with Crippen LogP contribution in [0.15, 0.2) is 12.1 Å². The van der Waals surface area contributed by atoms with E-state index in [0.717, 1.165) is 9.41 Å². The van der Waals surface area contributed by atoms with E-state index in [4.69, 9.17) is 17.0 Å². The Hall–Kier alpha value is -1.24. The second-order valence-corrected chi connectivity index (χ2v) is 6.82. The third-order valence-electron chi connectivity index (χ3n) is 2.29. The fourth-order valence-electron chi connectivity index (χ4n) is 1.53. The molecule has 1 N–H and O–H groups in total. The van der Waals surface area contributed by atoms with Gasteiger partial charge in [-0.05, 0) is 44.3 Å². The highest BCUT2D eigenvalue weighted by molar-refractivity contribution is 7.73. The number of aromatic amines is 1. The molecule has 19 heavy (non-hydrogen) atoms. The number of thiophene rings is 1. The Kier molecular flexibility index (Phi) is 4.68. The van der Waals surface area contributed by atoms with E-state index < -0.39 is 0 Å². The SMILES string of the molecule is CCOC(=O)/C=c1\[nH]c(=S)s\c1=C/c1ccc(C)s1. The van der Waals surface area contributed by atoms with Gasteiger partial charge in [-0.25, -0.2) is 4.79 Å². The molecule has 2 rings (SSSR count). The molecule has 0 spiro atoms. The first-order valence-corrected chi connectivity index (χ1v) is 7.78. The van der Waals surface area contributed by atoms with Crippen molar-refractivity contribution in [1.29, 1.82) is 0 Å². The van der Waals surface area contributed by atoms with Gasteiger partial charge < -0.3 is 9.72 Å². The molecule has 6 heteroatoms. The minimum atomic E-state index is -0.358. The van der Waals surface area contributed by atoms with Crippen LogP contribution in [0.2, 0.25) is 0 Å². The van der Waals surface area contributed by atoms with E-state index in [0.29, 0.717) is 15.9 Å². The van der Waals surface area contributed by atoms with Crippen molar-refractivity contribution in [3.8, 4) is 0 Å². The molecule has 0 atom stereocenters. The average Bonchev–Trinajstić information content (AvgIpc) is 2.87. The zero-order valence-corrected chi connectivity index (χ0v) is 13.0. The van der Waals surface area contributed by atoms with Gasteiger partial charge in [0, 0.05) is 15.8 Å². The Balaban J connectivity index is 2.50. The molecule has 3 nitrogen and oxygen atoms in total. The number of esters is 1. The second-order valence-electron chi connectivity index (χ2n) is 3.78. The maximum Gasteiger partial charge on any atom is 0.332 e. The fraction of sp³-hybridized carbons (Fsp3) is 0.231. The lowest BCUT2D eigenvalue weighted by molar-refractivity contribution is -0.135. The molecule has 0 aliphatic rings. The van der Waals surface area contributed by atoms with Gasteiger partial charge in [0.25, 0.3) is 0 Å². The zero-order chi connectivity index (χ0) is 13.8. The summed E-state index contributed by atoms with van der Waals surface area (Å²) in [6, 6.07) is 4.12. The quantitative estimate of drug-likeness (QED) is 0.699. The van der Waals surface area contributed by atoms with E-state index in [9.17, 15) is 4.79 Å². The molecule has 0 radical (unpaired) electrons. The molecule has 0 fully saturated rings. The Morgan fingerprint density at radius 2 is 2.26 bits per heavy atom. The number of thiazole rings is 1. The Morgan fingerprint density at radius 1 is 1.47 bits per heavy atom. The summed E-state index contributed by atoms with van der Waals surface area (Å²) in [6.45, 7) is 4.21. The number of carbonyl (C=O) groups excluding carboxylic acids is 1. The van der Waals surface area contributed by atoms with Crippen molar-refractivity contribution in [2.24, 2.45) is 0 Å². The molecule has 0 amide bonds. The number of rotatable bonds is 3. The largest absolute Gasteiger partial charge is 0.463 e. The monoisotopic (exact) mass is 311 g/mol. The number of aryl methyl sites for hydroxylation is 1. The summed E-state index contributed by atoms with van der Waals surface area (Å²) in [4.78, 5) is 16.9. The number of carbonyl (C=O) groups is 1. The zero-order valence-electron chi connectivity index (χ0n) is 10.6. The number of H-pyrrole nitrogens is 1. The summed E-state index contributed by atoms with van der Waals surface area (Å²) >= 11 is 8.29. The molecule has 0 saturated heterocycles. The summed E-state index contributed by atoms with van der Waals surface area (Å²) in [5.41, 5.74) is 0. The molecule has 0 bridgehead atoms. The van der Waals surface area contributed by atoms with Crippen LogP contribution in [0.5, 0.6) is 0 Å². The lowest BCUT2D eigenvalue weighted by atomic mass is 10.4. The van der Waals surface area contributed by atoms with Gasteiger partial charge >= 0.3 is 5.97 Å². The number of nitrogens with one attached hydrogen (secondary N) is 1. The van der Waals surface area contributed by atoms with Crippen molar-refractivity contribution >= 4 is 53.0 Å². The highest BCUT2D eigenvalue weighted by atomic mass is 32.1. The molecular formula is C13H13NO2S3. The normalized spacial score (nSPS) is 12.9. The summed E-state index contributed by atoms with van der Waals surface area (Å²) < 4.78 is 6.50. The van der Waals surface area contributed by atoms with Gasteiger partial charge in [0.05, 0.1) is 16.5 Å². The van der Waals surface area contributed by atoms with Crippen LogP contribution in [-0.4, -0.2) is 17.6 Å². The van der Waals surface area contributed by atoms with E-state index >= 15 is 0 Å². The van der Waals surface area contributed by atoms with Crippen LogP contribution in [0.3, 0.4) is 0 Å². The van der Waals surface area contributed by atoms with Crippen molar-refractivity contribution < 1.29 is 9.53 Å². The summed E-state index contributed by atoms with van der Waals surface area (Å²) in [6.07, 6.45) is 3.47. The highest BCUT2D eigenvalue weighted by Gasteiger charge is 1.99. The summed E-state index contributed by atoms with van der Waals surface area (Å²) in [5, 5.41) is 0.708. The van der Waals surface area contributed by atoms with Crippen molar-refractivity contribution in [1.82, 2.24) is 4.98 Å². The van der Waals surface area contributed by atoms with Gasteiger partial charge in [-0.2, -0.15) is 0 Å². The Morgan fingerprint density at radius 3 is 2.89 bits per heavy atom. The van der Waals surface area contributed by atoms with Gasteiger partial charge in [-0.1, -0.05) is 0 Å². The second kappa shape index (κ2) is 6.27. The van der Waals surface area contributed by atoms with Gasteiger partial charge in [0.2, 0.25) is 0 Å². The predicted octanol–water partition coefficient (Wildman–Crippen LogP) is 2.35. The Labute approximate surface area is 123 Å². The van der Waals surface area contributed by atoms with Crippen molar-refractivity contribution in [2.45, 2.75) is 13.8 Å². The van der Waals surface area contributed by atoms with Gasteiger partial charge in [0.1, 0.15) is 0 Å². The van der Waals surface area contributed by atoms with E-state index in [1.165, 1.54) is 22.3 Å². The smallest absolute Gasteiger partial charge is 0.332 e. The molecule has 100 valence electrons. The first kappa shape index (κ1) is 14.2. The van der Waals surface area contributed by atoms with E-state index in [1.54, 1.807) is 18.3 Å². The standard InChI is InChI=1S/C13H13NO2S3/c1-3-16-12(15)7-10-11(19-13(17)14-10)6-9-5-4-8(2)18-9/h4-7H,3H2,1-2H3,(H,14,17)/b10-7-,11-6-. The fourth-order valence-corrected chi connectivity index (χ4v) is 3.57. The van der Waals surface area contributed by atoms with Gasteiger partial charge in [-0.3, -0.25) is 0 Å². The minimum Gasteiger partial charge on any atom is -0.463 e. The molecule has 0 saturated carbocycles. The molecule has 2 heterocycles. The number of aromatic nitrogens is 1. The summed E-state index contributed by atoms with van der Waals surface area (Å²) in [5.74, 6) is -0.358. The van der Waals surface area contributed by atoms with Crippen molar-refractivity contribution in [3.05, 3.63) is 35.7 Å². The number of hydrogen-bond donors (Lipinski definition) is 1. The van der Waals surface area contributed by atoms with Crippen LogP contribution in [-0.2, 0) is 9.53 Å². The van der Waals surface area contributed by atoms with E-state index in [1.807, 2.05) is 6.08 Å². The maximum atomic E-state index is 11.5. The number of hydrogen-bond acceptors (Lipinski definition) is 5. The van der Waals surface area contributed by atoms with Crippen LogP contribution in [0.25, 0.3) is 12.2 Å². The number of ether oxygens (including phenoxy) is 1. The average molecular weight is 311 g/mol. The first-order valence-electron chi connectivity index (χ1n) is 5.74. The van der Waals surface area contributed by atoms with Crippen LogP contribution in [0.1, 0.15) is 16.7 Å². The van der Waals surface area contributed by atoms with Crippen LogP contribution >= 0.6 is 34.9 Å². The first-order chi connectivity index (χ1) is 9.08. The summed E-state index contributed by atoms with van der Waals surface area (Å²) in [7, 11) is 0. The lowest BCUT2D eigenvalue weighted by Gasteiger charge is -1.92. The minimum absolute atomic E-state index is 0.358. The third-order valence-corrected chi connectivity index (χ3v) is 4.43. The molecule has 0 unspecified atom stereocenters. The van der Waals surface area contributed by atoms with E-state index in [-0.39, 0.29) is 5.97 Å². The molecule has 0 aliphatic carbocycles. The van der Waals surface area contributed by atoms with Crippen LogP contribution < -0.4 is 9.88 Å². The highest BCUT2D eigenvalue weighted by Crippen LogP contribution is 2.15. The predicted molar refractivity (Wildman–Crippen MR) is 82.5 cm³/mol. The molecule has 2 aromatic heterocycles. The third kappa shape index (κ3) is 3.86.